The molecule has 0 radical (unpaired) electrons. The molecule has 0 bridgehead atoms. The van der Waals surface area contributed by atoms with Gasteiger partial charge in [-0.15, -0.1) is 16.4 Å². The smallest absolute Gasteiger partial charge is 0.267 e. The summed E-state index contributed by atoms with van der Waals surface area (Å²) in [6.45, 7) is 1.95. The van der Waals surface area contributed by atoms with Gasteiger partial charge < -0.3 is 0 Å². The van der Waals surface area contributed by atoms with E-state index in [-0.39, 0.29) is 5.56 Å². The predicted molar refractivity (Wildman–Crippen MR) is 47.4 cm³/mol. The van der Waals surface area contributed by atoms with Gasteiger partial charge in [0.2, 0.25) is 0 Å². The van der Waals surface area contributed by atoms with Gasteiger partial charge in [-0.25, -0.2) is 4.68 Å². The Morgan fingerprint density at radius 3 is 3.08 bits per heavy atom. The minimum absolute atomic E-state index is 0.0793. The molecule has 0 atom stereocenters. The number of hydrogen-bond acceptors (Lipinski definition) is 4. The molecule has 0 saturated carbocycles. The largest absolute Gasteiger partial charge is 0.278 e. The number of thiophene rings is 1. The molecule has 2 rings (SSSR count). The zero-order valence-electron chi connectivity index (χ0n) is 6.74. The van der Waals surface area contributed by atoms with Crippen molar-refractivity contribution in [1.82, 2.24) is 15.0 Å². The Morgan fingerprint density at radius 2 is 2.33 bits per heavy atom. The number of rotatable bonds is 0. The highest BCUT2D eigenvalue weighted by Crippen LogP contribution is 2.18. The van der Waals surface area contributed by atoms with Crippen LogP contribution in [0.25, 0.3) is 10.2 Å². The molecule has 0 aliphatic rings. The van der Waals surface area contributed by atoms with E-state index in [1.807, 2.05) is 13.0 Å². The molecule has 0 saturated heterocycles. The molecule has 0 fully saturated rings. The molecule has 2 aromatic heterocycles. The van der Waals surface area contributed by atoms with E-state index in [9.17, 15) is 4.79 Å². The van der Waals surface area contributed by atoms with Gasteiger partial charge in [0.05, 0.1) is 5.39 Å². The predicted octanol–water partition coefficient (Wildman–Crippen LogP) is 0.698. The van der Waals surface area contributed by atoms with E-state index in [4.69, 9.17) is 0 Å². The second-order valence-electron chi connectivity index (χ2n) is 2.59. The molecule has 62 valence electrons. The quantitative estimate of drug-likeness (QED) is 0.601. The van der Waals surface area contributed by atoms with Crippen molar-refractivity contribution in [2.45, 2.75) is 6.92 Å². The number of fused-ring (bicyclic) bond motifs is 1. The maximum atomic E-state index is 11.4. The van der Waals surface area contributed by atoms with Crippen LogP contribution in [0.15, 0.2) is 10.9 Å². The van der Waals surface area contributed by atoms with Crippen molar-refractivity contribution in [2.24, 2.45) is 7.05 Å². The van der Waals surface area contributed by atoms with Crippen LogP contribution in [0.5, 0.6) is 0 Å². The molecule has 0 spiro atoms. The lowest BCUT2D eigenvalue weighted by atomic mass is 10.4. The van der Waals surface area contributed by atoms with Crippen LogP contribution < -0.4 is 5.56 Å². The standard InChI is InChI=1S/C7H7N3OS/c1-4-3-5-6(12-4)8-9-10(2)7(5)11/h3H,1-2H3. The Labute approximate surface area is 72.5 Å². The van der Waals surface area contributed by atoms with Crippen LogP contribution in [-0.4, -0.2) is 15.0 Å². The monoisotopic (exact) mass is 181 g/mol. The molecular formula is C7H7N3OS. The highest BCUT2D eigenvalue weighted by atomic mass is 32.1. The van der Waals surface area contributed by atoms with Crippen molar-refractivity contribution in [1.29, 1.82) is 0 Å². The summed E-state index contributed by atoms with van der Waals surface area (Å²) in [6, 6.07) is 1.84. The summed E-state index contributed by atoms with van der Waals surface area (Å²) in [5.74, 6) is 0. The van der Waals surface area contributed by atoms with Crippen LogP contribution in [0.1, 0.15) is 4.88 Å². The Bertz CT molecular complexity index is 485. The first kappa shape index (κ1) is 7.42. The summed E-state index contributed by atoms with van der Waals surface area (Å²) in [4.78, 5) is 13.2. The minimum Gasteiger partial charge on any atom is -0.267 e. The van der Waals surface area contributed by atoms with Gasteiger partial charge in [0, 0.05) is 11.9 Å². The van der Waals surface area contributed by atoms with Crippen LogP contribution >= 0.6 is 11.3 Å². The Hall–Kier alpha value is -1.23. The summed E-state index contributed by atoms with van der Waals surface area (Å²) < 4.78 is 1.24. The maximum absolute atomic E-state index is 11.4. The number of aryl methyl sites for hydroxylation is 2. The van der Waals surface area contributed by atoms with E-state index >= 15 is 0 Å². The van der Waals surface area contributed by atoms with Crippen molar-refractivity contribution in [3.8, 4) is 0 Å². The zero-order valence-corrected chi connectivity index (χ0v) is 7.55. The molecule has 0 aliphatic heterocycles. The van der Waals surface area contributed by atoms with Crippen LogP contribution in [0, 0.1) is 6.92 Å². The molecule has 0 N–H and O–H groups in total. The third-order valence-electron chi connectivity index (χ3n) is 1.63. The molecule has 12 heavy (non-hydrogen) atoms. The van der Waals surface area contributed by atoms with Gasteiger partial charge in [0.15, 0.2) is 4.83 Å². The topological polar surface area (TPSA) is 47.8 Å². The molecule has 0 aliphatic carbocycles. The van der Waals surface area contributed by atoms with Crippen LogP contribution in [0.4, 0.5) is 0 Å². The van der Waals surface area contributed by atoms with Crippen molar-refractivity contribution in [2.75, 3.05) is 0 Å². The Balaban J connectivity index is 2.99. The Morgan fingerprint density at radius 1 is 1.58 bits per heavy atom. The summed E-state index contributed by atoms with van der Waals surface area (Å²) in [5.41, 5.74) is -0.0793. The van der Waals surface area contributed by atoms with Crippen molar-refractivity contribution in [3.05, 3.63) is 21.3 Å². The third-order valence-corrected chi connectivity index (χ3v) is 2.56. The molecule has 0 aromatic carbocycles. The van der Waals surface area contributed by atoms with Crippen molar-refractivity contribution >= 4 is 21.6 Å². The maximum Gasteiger partial charge on any atom is 0.278 e. The van der Waals surface area contributed by atoms with Gasteiger partial charge in [-0.05, 0) is 13.0 Å². The lowest BCUT2D eigenvalue weighted by molar-refractivity contribution is 0.658. The lowest BCUT2D eigenvalue weighted by Gasteiger charge is -1.91. The first-order valence-corrected chi connectivity index (χ1v) is 4.30. The second kappa shape index (κ2) is 2.38. The van der Waals surface area contributed by atoms with E-state index in [2.05, 4.69) is 10.3 Å². The minimum atomic E-state index is -0.0793. The molecule has 4 nitrogen and oxygen atoms in total. The first-order chi connectivity index (χ1) is 5.68. The number of aromatic nitrogens is 3. The van der Waals surface area contributed by atoms with E-state index in [1.165, 1.54) is 16.0 Å². The summed E-state index contributed by atoms with van der Waals surface area (Å²) in [7, 11) is 1.60. The lowest BCUT2D eigenvalue weighted by Crippen LogP contribution is -2.19. The normalized spacial score (nSPS) is 10.8. The average molecular weight is 181 g/mol. The molecule has 2 aromatic rings. The van der Waals surface area contributed by atoms with Crippen molar-refractivity contribution in [3.63, 3.8) is 0 Å². The summed E-state index contributed by atoms with van der Waals surface area (Å²) in [5, 5.41) is 8.24. The van der Waals surface area contributed by atoms with E-state index < -0.39 is 0 Å². The van der Waals surface area contributed by atoms with E-state index in [0.717, 1.165) is 9.71 Å². The van der Waals surface area contributed by atoms with Crippen LogP contribution in [-0.2, 0) is 7.05 Å². The second-order valence-corrected chi connectivity index (χ2v) is 3.83. The molecule has 0 unspecified atom stereocenters. The summed E-state index contributed by atoms with van der Waals surface area (Å²) in [6.07, 6.45) is 0. The van der Waals surface area contributed by atoms with Gasteiger partial charge in [-0.2, -0.15) is 0 Å². The van der Waals surface area contributed by atoms with Crippen LogP contribution in [0.2, 0.25) is 0 Å². The first-order valence-electron chi connectivity index (χ1n) is 3.48. The highest BCUT2D eigenvalue weighted by molar-refractivity contribution is 7.18. The molecule has 5 heteroatoms. The van der Waals surface area contributed by atoms with Crippen LogP contribution in [0.3, 0.4) is 0 Å². The average Bonchev–Trinajstić information content (AvgIpc) is 2.39. The SMILES string of the molecule is Cc1cc2c(=O)n(C)nnc2s1. The number of nitrogens with zero attached hydrogens (tertiary/aromatic N) is 3. The summed E-state index contributed by atoms with van der Waals surface area (Å²) >= 11 is 1.49. The van der Waals surface area contributed by atoms with Gasteiger partial charge >= 0.3 is 0 Å². The van der Waals surface area contributed by atoms with Gasteiger partial charge in [0.1, 0.15) is 0 Å². The van der Waals surface area contributed by atoms with Gasteiger partial charge in [-0.3, -0.25) is 4.79 Å². The fourth-order valence-corrected chi connectivity index (χ4v) is 1.87. The molecule has 0 amide bonds. The van der Waals surface area contributed by atoms with Crippen molar-refractivity contribution < 1.29 is 0 Å². The highest BCUT2D eigenvalue weighted by Gasteiger charge is 2.05. The molecular weight excluding hydrogens is 174 g/mol. The third kappa shape index (κ3) is 0.937. The van der Waals surface area contributed by atoms with Gasteiger partial charge in [-0.1, -0.05) is 5.21 Å². The number of hydrogen-bond donors (Lipinski definition) is 0. The Kier molecular flexibility index (Phi) is 1.47. The van der Waals surface area contributed by atoms with E-state index in [0.29, 0.717) is 5.39 Å². The fourth-order valence-electron chi connectivity index (χ4n) is 1.05. The zero-order chi connectivity index (χ0) is 8.72. The van der Waals surface area contributed by atoms with E-state index in [1.54, 1.807) is 7.05 Å². The van der Waals surface area contributed by atoms with Gasteiger partial charge in [0.25, 0.3) is 5.56 Å². The molecule has 2 heterocycles. The fraction of sp³-hybridized carbons (Fsp3) is 0.286.